The smallest absolute Gasteiger partial charge is 0.143 e. The summed E-state index contributed by atoms with van der Waals surface area (Å²) in [6.07, 6.45) is 4.49. The molecule has 168 valence electrons. The first kappa shape index (κ1) is 16.3. The highest BCUT2D eigenvalue weighted by Crippen LogP contribution is 2.48. The third kappa shape index (κ3) is 2.78. The zero-order valence-corrected chi connectivity index (χ0v) is 19.5. The SMILES string of the molecule is [2H]C([2H])([2H])c1cnc2c3ccccc3c3c(ccc4c5ccccc5oc43)c2c1C1([2H])CCC(C)(C)CC1. The minimum Gasteiger partial charge on any atom is -0.455 e. The molecule has 0 bridgehead atoms. The second-order valence-electron chi connectivity index (χ2n) is 10.5. The molecule has 1 saturated carbocycles. The first-order valence-corrected chi connectivity index (χ1v) is 12.2. The number of pyridine rings is 1. The summed E-state index contributed by atoms with van der Waals surface area (Å²) in [4.78, 5) is 4.79. The highest BCUT2D eigenvalue weighted by molar-refractivity contribution is 6.32. The van der Waals surface area contributed by atoms with Crippen molar-refractivity contribution in [3.63, 3.8) is 0 Å². The van der Waals surface area contributed by atoms with Crippen molar-refractivity contribution in [1.82, 2.24) is 4.98 Å². The van der Waals surface area contributed by atoms with Gasteiger partial charge in [-0.25, -0.2) is 0 Å². The molecule has 4 aromatic carbocycles. The fourth-order valence-corrected chi connectivity index (χ4v) is 6.00. The second-order valence-corrected chi connectivity index (χ2v) is 10.5. The first-order valence-electron chi connectivity index (χ1n) is 14.2. The van der Waals surface area contributed by atoms with Crippen LogP contribution in [0.25, 0.3) is 54.4 Å². The summed E-state index contributed by atoms with van der Waals surface area (Å²) in [5, 5.41) is 6.67. The molecule has 0 unspecified atom stereocenters. The Kier molecular flexibility index (Phi) is 3.38. The zero-order chi connectivity index (χ0) is 26.4. The maximum Gasteiger partial charge on any atom is 0.143 e. The van der Waals surface area contributed by atoms with E-state index in [4.69, 9.17) is 13.5 Å². The molecule has 1 fully saturated rings. The predicted molar refractivity (Wildman–Crippen MR) is 144 cm³/mol. The highest BCUT2D eigenvalue weighted by atomic mass is 16.3. The van der Waals surface area contributed by atoms with Crippen molar-refractivity contribution in [3.8, 4) is 0 Å². The van der Waals surface area contributed by atoms with E-state index in [1.54, 1.807) is 0 Å². The average Bonchev–Trinajstić information content (AvgIpc) is 3.28. The van der Waals surface area contributed by atoms with Crippen LogP contribution in [0.15, 0.2) is 71.3 Å². The molecular formula is C32H29NO. The summed E-state index contributed by atoms with van der Waals surface area (Å²) in [6.45, 7) is 2.10. The van der Waals surface area contributed by atoms with Gasteiger partial charge < -0.3 is 4.42 Å². The van der Waals surface area contributed by atoms with Crippen LogP contribution in [0.4, 0.5) is 0 Å². The van der Waals surface area contributed by atoms with Crippen LogP contribution in [-0.4, -0.2) is 4.98 Å². The molecule has 1 aliphatic carbocycles. The van der Waals surface area contributed by atoms with Crippen LogP contribution in [0.1, 0.15) is 62.0 Å². The van der Waals surface area contributed by atoms with Crippen molar-refractivity contribution in [2.24, 2.45) is 5.41 Å². The highest BCUT2D eigenvalue weighted by Gasteiger charge is 2.30. The molecule has 2 nitrogen and oxygen atoms in total. The van der Waals surface area contributed by atoms with Gasteiger partial charge in [0.05, 0.1) is 5.52 Å². The molecule has 0 saturated heterocycles. The number of nitrogens with zero attached hydrogens (tertiary/aromatic N) is 1. The van der Waals surface area contributed by atoms with Crippen molar-refractivity contribution in [1.29, 1.82) is 0 Å². The molecule has 2 heterocycles. The molecule has 2 heteroatoms. The Labute approximate surface area is 205 Å². The number of aryl methyl sites for hydroxylation is 1. The van der Waals surface area contributed by atoms with Crippen molar-refractivity contribution in [3.05, 3.63) is 78.0 Å². The van der Waals surface area contributed by atoms with E-state index in [0.29, 0.717) is 18.4 Å². The maximum absolute atomic E-state index is 9.77. The summed E-state index contributed by atoms with van der Waals surface area (Å²) >= 11 is 0. The lowest BCUT2D eigenvalue weighted by atomic mass is 9.70. The van der Waals surface area contributed by atoms with Crippen LogP contribution < -0.4 is 0 Å². The van der Waals surface area contributed by atoms with E-state index in [1.165, 1.54) is 6.20 Å². The van der Waals surface area contributed by atoms with E-state index >= 15 is 0 Å². The Hall–Kier alpha value is -3.39. The molecule has 0 spiro atoms. The second kappa shape index (κ2) is 7.06. The van der Waals surface area contributed by atoms with Crippen molar-refractivity contribution in [2.75, 3.05) is 0 Å². The lowest BCUT2D eigenvalue weighted by Gasteiger charge is -2.35. The van der Waals surface area contributed by atoms with Crippen molar-refractivity contribution < 1.29 is 9.90 Å². The molecule has 0 N–H and O–H groups in total. The van der Waals surface area contributed by atoms with E-state index in [0.717, 1.165) is 67.2 Å². The Morgan fingerprint density at radius 1 is 0.853 bits per heavy atom. The Morgan fingerprint density at radius 3 is 2.35 bits per heavy atom. The van der Waals surface area contributed by atoms with Crippen LogP contribution >= 0.6 is 0 Å². The number of aromatic nitrogens is 1. The van der Waals surface area contributed by atoms with Gasteiger partial charge in [-0.2, -0.15) is 0 Å². The van der Waals surface area contributed by atoms with Gasteiger partial charge in [0.2, 0.25) is 0 Å². The van der Waals surface area contributed by atoms with Gasteiger partial charge in [-0.1, -0.05) is 62.4 Å². The molecule has 7 rings (SSSR count). The molecule has 0 aliphatic heterocycles. The largest absolute Gasteiger partial charge is 0.455 e. The lowest BCUT2D eigenvalue weighted by Crippen LogP contribution is -2.21. The van der Waals surface area contributed by atoms with Gasteiger partial charge in [0.25, 0.3) is 0 Å². The molecule has 2 aromatic heterocycles. The number of rotatable bonds is 1. The fraction of sp³-hybridized carbons (Fsp3) is 0.281. The third-order valence-electron chi connectivity index (χ3n) is 7.91. The van der Waals surface area contributed by atoms with Crippen LogP contribution in [0, 0.1) is 12.3 Å². The van der Waals surface area contributed by atoms with Gasteiger partial charge in [-0.15, -0.1) is 0 Å². The Bertz CT molecular complexity index is 1900. The molecule has 1 aliphatic rings. The van der Waals surface area contributed by atoms with Crippen LogP contribution in [0.2, 0.25) is 0 Å². The first-order chi connectivity index (χ1) is 18.1. The molecule has 0 amide bonds. The van der Waals surface area contributed by atoms with Gasteiger partial charge in [-0.05, 0) is 77.9 Å². The van der Waals surface area contributed by atoms with Gasteiger partial charge in [-0.3, -0.25) is 4.98 Å². The third-order valence-corrected chi connectivity index (χ3v) is 7.91. The molecule has 0 radical (unpaired) electrons. The normalized spacial score (nSPS) is 19.9. The van der Waals surface area contributed by atoms with Gasteiger partial charge in [0.1, 0.15) is 11.2 Å². The number of hydrogen-bond acceptors (Lipinski definition) is 2. The fourth-order valence-electron chi connectivity index (χ4n) is 6.00. The van der Waals surface area contributed by atoms with E-state index in [-0.39, 0.29) is 11.0 Å². The van der Waals surface area contributed by atoms with Crippen molar-refractivity contribution in [2.45, 2.75) is 52.3 Å². The average molecular weight is 448 g/mol. The molecule has 0 atom stereocenters. The number of para-hydroxylation sites is 1. The van der Waals surface area contributed by atoms with Crippen LogP contribution in [0.5, 0.6) is 0 Å². The Balaban J connectivity index is 1.72. The monoisotopic (exact) mass is 447 g/mol. The molecule has 6 aromatic rings. The summed E-state index contributed by atoms with van der Waals surface area (Å²) in [6, 6.07) is 20.3. The van der Waals surface area contributed by atoms with E-state index in [2.05, 4.69) is 38.1 Å². The topological polar surface area (TPSA) is 26.0 Å². The number of fused-ring (bicyclic) bond motifs is 10. The number of furan rings is 1. The van der Waals surface area contributed by atoms with Crippen LogP contribution in [-0.2, 0) is 0 Å². The summed E-state index contributed by atoms with van der Waals surface area (Å²) < 4.78 is 41.6. The lowest BCUT2D eigenvalue weighted by molar-refractivity contribution is 0.225. The zero-order valence-electron chi connectivity index (χ0n) is 23.5. The quantitative estimate of drug-likeness (QED) is 0.235. The van der Waals surface area contributed by atoms with Crippen LogP contribution in [0.3, 0.4) is 0 Å². The van der Waals surface area contributed by atoms with Gasteiger partial charge >= 0.3 is 0 Å². The van der Waals surface area contributed by atoms with E-state index < -0.39 is 12.7 Å². The van der Waals surface area contributed by atoms with Gasteiger partial charge in [0.15, 0.2) is 0 Å². The minimum atomic E-state index is -2.38. The molecule has 34 heavy (non-hydrogen) atoms. The maximum atomic E-state index is 9.77. The number of hydrogen-bond donors (Lipinski definition) is 0. The number of benzene rings is 4. The summed E-state index contributed by atoms with van der Waals surface area (Å²) in [5.74, 6) is -1.02. The van der Waals surface area contributed by atoms with Crippen molar-refractivity contribution >= 4 is 54.4 Å². The Morgan fingerprint density at radius 2 is 1.56 bits per heavy atom. The summed E-state index contributed by atoms with van der Waals surface area (Å²) in [5.41, 5.74) is 3.31. The van der Waals surface area contributed by atoms with E-state index in [1.807, 2.05) is 36.4 Å². The van der Waals surface area contributed by atoms with E-state index in [9.17, 15) is 1.37 Å². The van der Waals surface area contributed by atoms with Gasteiger partial charge in [0, 0.05) is 38.6 Å². The minimum absolute atomic E-state index is 0.142. The predicted octanol–water partition coefficient (Wildman–Crippen LogP) is 9.43. The molecular weight excluding hydrogens is 414 g/mol. The standard InChI is InChI=1S/C32H29NO/c1-19-18-33-30-23-10-5-4-9-22(23)28-25(29(30)27(19)20-14-16-32(2,3)17-15-20)13-12-24-21-8-6-7-11-26(21)34-31(24)28/h4-13,18,20H,14-17H2,1-3H3/i1D3,20D. The summed E-state index contributed by atoms with van der Waals surface area (Å²) in [7, 11) is 0.